The van der Waals surface area contributed by atoms with Gasteiger partial charge in [-0.2, -0.15) is 0 Å². The lowest BCUT2D eigenvalue weighted by atomic mass is 10.2. The van der Waals surface area contributed by atoms with Gasteiger partial charge in [-0.25, -0.2) is 0 Å². The Morgan fingerprint density at radius 2 is 2.06 bits per heavy atom. The van der Waals surface area contributed by atoms with E-state index in [1.165, 1.54) is 32.4 Å². The average Bonchev–Trinajstić information content (AvgIpc) is 3.07. The number of ether oxygens (including phenoxy) is 1. The maximum Gasteiger partial charge on any atom is 0.0630 e. The lowest BCUT2D eigenvalue weighted by molar-refractivity contribution is 0.0846. The highest BCUT2D eigenvalue weighted by Gasteiger charge is 2.27. The van der Waals surface area contributed by atoms with Crippen LogP contribution in [0.3, 0.4) is 0 Å². The van der Waals surface area contributed by atoms with Crippen molar-refractivity contribution >= 4 is 0 Å². The summed E-state index contributed by atoms with van der Waals surface area (Å²) in [5.74, 6) is 0.958. The molecule has 1 fully saturated rings. The molecule has 1 aliphatic carbocycles. The third-order valence-corrected chi connectivity index (χ3v) is 3.34. The first-order valence-corrected chi connectivity index (χ1v) is 7.13. The predicted octanol–water partition coefficient (Wildman–Crippen LogP) is 2.12. The van der Waals surface area contributed by atoms with Crippen molar-refractivity contribution in [2.24, 2.45) is 5.92 Å². The van der Waals surface area contributed by atoms with E-state index < -0.39 is 0 Å². The molecule has 0 saturated heterocycles. The van der Waals surface area contributed by atoms with Crippen molar-refractivity contribution in [2.75, 3.05) is 33.4 Å². The first kappa shape index (κ1) is 14.9. The van der Waals surface area contributed by atoms with Crippen molar-refractivity contribution in [1.82, 2.24) is 10.2 Å². The van der Waals surface area contributed by atoms with Gasteiger partial charge >= 0.3 is 0 Å². The van der Waals surface area contributed by atoms with Crippen LogP contribution in [0.2, 0.25) is 0 Å². The minimum absolute atomic E-state index is 0.531. The van der Waals surface area contributed by atoms with E-state index in [9.17, 15) is 0 Å². The van der Waals surface area contributed by atoms with Crippen molar-refractivity contribution in [2.45, 2.75) is 52.1 Å². The Balaban J connectivity index is 2.42. The minimum atomic E-state index is 0.531. The van der Waals surface area contributed by atoms with E-state index in [1.54, 1.807) is 0 Å². The molecular weight excluding hydrogens is 212 g/mol. The standard InChI is InChI=1S/C14H30N2O/c1-5-8-16(10-13-6-7-13)14(11-17-4)9-15-12(2)3/h12-15H,5-11H2,1-4H3. The molecule has 0 radical (unpaired) electrons. The molecule has 0 aromatic carbocycles. The van der Waals surface area contributed by atoms with Gasteiger partial charge in [-0.3, -0.25) is 4.90 Å². The quantitative estimate of drug-likeness (QED) is 0.635. The van der Waals surface area contributed by atoms with Crippen molar-refractivity contribution in [1.29, 1.82) is 0 Å². The number of hydrogen-bond acceptors (Lipinski definition) is 3. The normalized spacial score (nSPS) is 18.0. The Labute approximate surface area is 107 Å². The molecule has 0 bridgehead atoms. The third-order valence-electron chi connectivity index (χ3n) is 3.34. The summed E-state index contributed by atoms with van der Waals surface area (Å²) >= 11 is 0. The van der Waals surface area contributed by atoms with Crippen LogP contribution in [0.15, 0.2) is 0 Å². The molecule has 0 aromatic rings. The van der Waals surface area contributed by atoms with E-state index in [0.717, 1.165) is 19.1 Å². The number of rotatable bonds is 10. The molecule has 1 aliphatic rings. The Morgan fingerprint density at radius 1 is 1.35 bits per heavy atom. The highest BCUT2D eigenvalue weighted by Crippen LogP contribution is 2.30. The van der Waals surface area contributed by atoms with E-state index >= 15 is 0 Å². The molecule has 3 nitrogen and oxygen atoms in total. The first-order chi connectivity index (χ1) is 8.17. The summed E-state index contributed by atoms with van der Waals surface area (Å²) in [7, 11) is 1.81. The van der Waals surface area contributed by atoms with Crippen LogP contribution in [0.5, 0.6) is 0 Å². The van der Waals surface area contributed by atoms with E-state index in [1.807, 2.05) is 7.11 Å². The molecular formula is C14H30N2O. The van der Waals surface area contributed by atoms with Crippen LogP contribution < -0.4 is 5.32 Å². The van der Waals surface area contributed by atoms with E-state index in [0.29, 0.717) is 12.1 Å². The molecule has 17 heavy (non-hydrogen) atoms. The number of nitrogens with one attached hydrogen (secondary N) is 1. The van der Waals surface area contributed by atoms with E-state index in [2.05, 4.69) is 31.0 Å². The summed E-state index contributed by atoms with van der Waals surface area (Å²) in [5.41, 5.74) is 0. The molecule has 1 rings (SSSR count). The predicted molar refractivity (Wildman–Crippen MR) is 73.4 cm³/mol. The largest absolute Gasteiger partial charge is 0.383 e. The zero-order chi connectivity index (χ0) is 12.7. The molecule has 0 heterocycles. The van der Waals surface area contributed by atoms with Gasteiger partial charge in [0, 0.05) is 32.3 Å². The smallest absolute Gasteiger partial charge is 0.0630 e. The van der Waals surface area contributed by atoms with Crippen LogP contribution in [0.4, 0.5) is 0 Å². The molecule has 0 amide bonds. The summed E-state index contributed by atoms with van der Waals surface area (Å²) in [4.78, 5) is 2.62. The summed E-state index contributed by atoms with van der Waals surface area (Å²) in [5, 5.41) is 3.54. The van der Waals surface area contributed by atoms with Crippen LogP contribution >= 0.6 is 0 Å². The maximum absolute atomic E-state index is 5.38. The molecule has 1 N–H and O–H groups in total. The first-order valence-electron chi connectivity index (χ1n) is 7.13. The fourth-order valence-electron chi connectivity index (χ4n) is 2.20. The summed E-state index contributed by atoms with van der Waals surface area (Å²) in [6.07, 6.45) is 4.09. The Kier molecular flexibility index (Phi) is 7.09. The lowest BCUT2D eigenvalue weighted by Crippen LogP contribution is -2.47. The van der Waals surface area contributed by atoms with Gasteiger partial charge in [0.05, 0.1) is 6.61 Å². The maximum atomic E-state index is 5.38. The van der Waals surface area contributed by atoms with Gasteiger partial charge in [0.25, 0.3) is 0 Å². The summed E-state index contributed by atoms with van der Waals surface area (Å²) < 4.78 is 5.38. The molecule has 1 saturated carbocycles. The number of nitrogens with zero attached hydrogens (tertiary/aromatic N) is 1. The molecule has 3 heteroatoms. The van der Waals surface area contributed by atoms with Gasteiger partial charge in [0.15, 0.2) is 0 Å². The van der Waals surface area contributed by atoms with Gasteiger partial charge in [-0.05, 0) is 31.7 Å². The van der Waals surface area contributed by atoms with Crippen LogP contribution in [0, 0.1) is 5.92 Å². The van der Waals surface area contributed by atoms with Crippen molar-refractivity contribution in [3.63, 3.8) is 0 Å². The summed E-state index contributed by atoms with van der Waals surface area (Å²) in [6, 6.07) is 1.08. The minimum Gasteiger partial charge on any atom is -0.383 e. The molecule has 0 spiro atoms. The van der Waals surface area contributed by atoms with Gasteiger partial charge in [0.1, 0.15) is 0 Å². The van der Waals surface area contributed by atoms with E-state index in [4.69, 9.17) is 4.74 Å². The van der Waals surface area contributed by atoms with Crippen LogP contribution in [0.25, 0.3) is 0 Å². The van der Waals surface area contributed by atoms with Gasteiger partial charge < -0.3 is 10.1 Å². The fraction of sp³-hybridized carbons (Fsp3) is 1.00. The Hall–Kier alpha value is -0.120. The molecule has 1 unspecified atom stereocenters. The summed E-state index contributed by atoms with van der Waals surface area (Å²) in [6.45, 7) is 11.0. The second kappa shape index (κ2) is 8.06. The molecule has 0 aromatic heterocycles. The van der Waals surface area contributed by atoms with Crippen LogP contribution in [-0.2, 0) is 4.74 Å². The van der Waals surface area contributed by atoms with Gasteiger partial charge in [0.2, 0.25) is 0 Å². The van der Waals surface area contributed by atoms with Crippen LogP contribution in [-0.4, -0.2) is 50.3 Å². The third kappa shape index (κ3) is 6.39. The lowest BCUT2D eigenvalue weighted by Gasteiger charge is -2.32. The van der Waals surface area contributed by atoms with Gasteiger partial charge in [-0.1, -0.05) is 20.8 Å². The zero-order valence-electron chi connectivity index (χ0n) is 12.0. The van der Waals surface area contributed by atoms with Crippen molar-refractivity contribution in [3.8, 4) is 0 Å². The Bertz CT molecular complexity index is 193. The van der Waals surface area contributed by atoms with Crippen LogP contribution in [0.1, 0.15) is 40.0 Å². The Morgan fingerprint density at radius 3 is 2.53 bits per heavy atom. The molecule has 1 atom stereocenters. The highest BCUT2D eigenvalue weighted by atomic mass is 16.5. The fourth-order valence-corrected chi connectivity index (χ4v) is 2.20. The second-order valence-electron chi connectivity index (χ2n) is 5.61. The van der Waals surface area contributed by atoms with Crippen molar-refractivity contribution < 1.29 is 4.74 Å². The van der Waals surface area contributed by atoms with E-state index in [-0.39, 0.29) is 0 Å². The highest BCUT2D eigenvalue weighted by molar-refractivity contribution is 4.82. The molecule has 0 aliphatic heterocycles. The molecule has 102 valence electrons. The second-order valence-corrected chi connectivity index (χ2v) is 5.61. The monoisotopic (exact) mass is 242 g/mol. The zero-order valence-corrected chi connectivity index (χ0v) is 12.0. The number of hydrogen-bond donors (Lipinski definition) is 1. The average molecular weight is 242 g/mol. The van der Waals surface area contributed by atoms with Gasteiger partial charge in [-0.15, -0.1) is 0 Å². The number of methoxy groups -OCH3 is 1. The van der Waals surface area contributed by atoms with Crippen molar-refractivity contribution in [3.05, 3.63) is 0 Å². The topological polar surface area (TPSA) is 24.5 Å². The SMILES string of the molecule is CCCN(CC1CC1)C(CNC(C)C)COC.